The highest BCUT2D eigenvalue weighted by Gasteiger charge is 2.21. The lowest BCUT2D eigenvalue weighted by Crippen LogP contribution is -2.07. The number of carbonyl (C=O) groups is 1. The average molecular weight is 384 g/mol. The topological polar surface area (TPSA) is 86.3 Å². The SMILES string of the molecule is CCOC(=O)c1n[nH]nc1-c1cc(Br)c(OCC)c(OCC)c1. The number of benzene rings is 1. The summed E-state index contributed by atoms with van der Waals surface area (Å²) < 4.78 is 16.9. The Hall–Kier alpha value is -2.09. The van der Waals surface area contributed by atoms with Crippen LogP contribution in [0.3, 0.4) is 0 Å². The van der Waals surface area contributed by atoms with Crippen LogP contribution in [0.2, 0.25) is 0 Å². The standard InChI is InChI=1S/C15H18BrN3O4/c1-4-21-11-8-9(7-10(16)14(11)22-5-2)12-13(18-19-17-12)15(20)23-6-3/h7-8H,4-6H2,1-3H3,(H,17,18,19). The number of hydrogen-bond acceptors (Lipinski definition) is 6. The minimum absolute atomic E-state index is 0.130. The van der Waals surface area contributed by atoms with Crippen LogP contribution in [-0.4, -0.2) is 41.2 Å². The number of nitrogens with zero attached hydrogens (tertiary/aromatic N) is 2. The van der Waals surface area contributed by atoms with Crippen molar-refractivity contribution < 1.29 is 19.0 Å². The molecule has 0 aliphatic rings. The third-order valence-electron chi connectivity index (χ3n) is 2.89. The van der Waals surface area contributed by atoms with Crippen LogP contribution in [-0.2, 0) is 4.74 Å². The molecule has 0 saturated carbocycles. The first-order chi connectivity index (χ1) is 11.1. The maximum atomic E-state index is 12.0. The summed E-state index contributed by atoms with van der Waals surface area (Å²) in [6.45, 7) is 6.78. The number of H-pyrrole nitrogens is 1. The summed E-state index contributed by atoms with van der Waals surface area (Å²) in [6.07, 6.45) is 0. The van der Waals surface area contributed by atoms with Crippen LogP contribution in [0.5, 0.6) is 11.5 Å². The Kier molecular flexibility index (Phi) is 5.97. The summed E-state index contributed by atoms with van der Waals surface area (Å²) in [5.41, 5.74) is 1.19. The first kappa shape index (κ1) is 17.3. The van der Waals surface area contributed by atoms with E-state index >= 15 is 0 Å². The third kappa shape index (κ3) is 3.82. The Bertz CT molecular complexity index is 687. The highest BCUT2D eigenvalue weighted by Crippen LogP contribution is 2.40. The molecule has 0 aliphatic heterocycles. The molecule has 2 rings (SSSR count). The number of rotatable bonds is 7. The van der Waals surface area contributed by atoms with E-state index in [1.807, 2.05) is 13.8 Å². The lowest BCUT2D eigenvalue weighted by atomic mass is 10.1. The fourth-order valence-corrected chi connectivity index (χ4v) is 2.58. The number of halogens is 1. The maximum absolute atomic E-state index is 12.0. The second kappa shape index (κ2) is 7.96. The van der Waals surface area contributed by atoms with Gasteiger partial charge in [0.15, 0.2) is 17.2 Å². The molecule has 0 saturated heterocycles. The van der Waals surface area contributed by atoms with Crippen molar-refractivity contribution in [2.45, 2.75) is 20.8 Å². The van der Waals surface area contributed by atoms with Gasteiger partial charge in [-0.15, -0.1) is 5.10 Å². The van der Waals surface area contributed by atoms with Crippen molar-refractivity contribution in [2.24, 2.45) is 0 Å². The largest absolute Gasteiger partial charge is 0.490 e. The minimum Gasteiger partial charge on any atom is -0.490 e. The quantitative estimate of drug-likeness (QED) is 0.738. The normalized spacial score (nSPS) is 10.4. The molecule has 0 bridgehead atoms. The molecule has 0 fully saturated rings. The minimum atomic E-state index is -0.529. The number of esters is 1. The fourth-order valence-electron chi connectivity index (χ4n) is 2.03. The van der Waals surface area contributed by atoms with Crippen LogP contribution in [0, 0.1) is 0 Å². The average Bonchev–Trinajstić information content (AvgIpc) is 3.00. The van der Waals surface area contributed by atoms with Crippen molar-refractivity contribution in [2.75, 3.05) is 19.8 Å². The summed E-state index contributed by atoms with van der Waals surface area (Å²) in [6, 6.07) is 3.56. The Labute approximate surface area is 142 Å². The summed E-state index contributed by atoms with van der Waals surface area (Å²) in [4.78, 5) is 12.0. The molecule has 0 atom stereocenters. The number of hydrogen-bond donors (Lipinski definition) is 1. The third-order valence-corrected chi connectivity index (χ3v) is 3.48. The Balaban J connectivity index is 2.48. The van der Waals surface area contributed by atoms with Gasteiger partial charge in [0, 0.05) is 5.56 Å². The second-order valence-corrected chi connectivity index (χ2v) is 5.25. The fraction of sp³-hybridized carbons (Fsp3) is 0.400. The van der Waals surface area contributed by atoms with E-state index in [1.165, 1.54) is 0 Å². The predicted molar refractivity (Wildman–Crippen MR) is 87.8 cm³/mol. The molecule has 8 heteroatoms. The van der Waals surface area contributed by atoms with Gasteiger partial charge in [-0.3, -0.25) is 0 Å². The molecule has 1 aromatic carbocycles. The second-order valence-electron chi connectivity index (χ2n) is 4.39. The summed E-state index contributed by atoms with van der Waals surface area (Å²) >= 11 is 3.47. The molecule has 0 unspecified atom stereocenters. The molecule has 0 spiro atoms. The van der Waals surface area contributed by atoms with E-state index in [9.17, 15) is 4.79 Å². The summed E-state index contributed by atoms with van der Waals surface area (Å²) in [5, 5.41) is 10.4. The van der Waals surface area contributed by atoms with Crippen molar-refractivity contribution in [3.63, 3.8) is 0 Å². The van der Waals surface area contributed by atoms with E-state index in [0.29, 0.717) is 40.4 Å². The Morgan fingerprint density at radius 1 is 1.13 bits per heavy atom. The number of aromatic amines is 1. The van der Waals surface area contributed by atoms with Crippen LogP contribution >= 0.6 is 15.9 Å². The molecule has 7 nitrogen and oxygen atoms in total. The van der Waals surface area contributed by atoms with E-state index in [2.05, 4.69) is 31.3 Å². The van der Waals surface area contributed by atoms with Gasteiger partial charge >= 0.3 is 5.97 Å². The molecule has 0 amide bonds. The van der Waals surface area contributed by atoms with Gasteiger partial charge in [0.05, 0.1) is 24.3 Å². The number of carbonyl (C=O) groups excluding carboxylic acids is 1. The van der Waals surface area contributed by atoms with E-state index in [0.717, 1.165) is 0 Å². The highest BCUT2D eigenvalue weighted by molar-refractivity contribution is 9.10. The molecule has 124 valence electrons. The molecule has 23 heavy (non-hydrogen) atoms. The summed E-state index contributed by atoms with van der Waals surface area (Å²) in [7, 11) is 0. The maximum Gasteiger partial charge on any atom is 0.361 e. The first-order valence-electron chi connectivity index (χ1n) is 7.29. The van der Waals surface area contributed by atoms with Gasteiger partial charge in [0.25, 0.3) is 0 Å². The van der Waals surface area contributed by atoms with Gasteiger partial charge < -0.3 is 14.2 Å². The van der Waals surface area contributed by atoms with Gasteiger partial charge in [-0.1, -0.05) is 0 Å². The highest BCUT2D eigenvalue weighted by atomic mass is 79.9. The molecule has 0 aliphatic carbocycles. The zero-order valence-electron chi connectivity index (χ0n) is 13.2. The monoisotopic (exact) mass is 383 g/mol. The van der Waals surface area contributed by atoms with Gasteiger partial charge in [0.1, 0.15) is 5.69 Å². The first-order valence-corrected chi connectivity index (χ1v) is 8.08. The Morgan fingerprint density at radius 2 is 1.87 bits per heavy atom. The number of aromatic nitrogens is 3. The predicted octanol–water partition coefficient (Wildman–Crippen LogP) is 3.21. The van der Waals surface area contributed by atoms with Crippen LogP contribution < -0.4 is 9.47 Å². The van der Waals surface area contributed by atoms with E-state index < -0.39 is 5.97 Å². The summed E-state index contributed by atoms with van der Waals surface area (Å²) in [5.74, 6) is 0.648. The van der Waals surface area contributed by atoms with Crippen molar-refractivity contribution in [1.29, 1.82) is 0 Å². The van der Waals surface area contributed by atoms with Gasteiger partial charge in [-0.05, 0) is 48.8 Å². The van der Waals surface area contributed by atoms with Crippen LogP contribution in [0.4, 0.5) is 0 Å². The molecule has 0 radical (unpaired) electrons. The lowest BCUT2D eigenvalue weighted by molar-refractivity contribution is 0.0520. The number of nitrogens with one attached hydrogen (secondary N) is 1. The molecular weight excluding hydrogens is 366 g/mol. The molecule has 1 N–H and O–H groups in total. The zero-order chi connectivity index (χ0) is 16.8. The van der Waals surface area contributed by atoms with E-state index in [-0.39, 0.29) is 12.3 Å². The van der Waals surface area contributed by atoms with Crippen molar-refractivity contribution in [3.8, 4) is 22.8 Å². The van der Waals surface area contributed by atoms with Crippen molar-refractivity contribution in [3.05, 3.63) is 22.3 Å². The Morgan fingerprint density at radius 3 is 2.52 bits per heavy atom. The molecule has 2 aromatic rings. The van der Waals surface area contributed by atoms with Crippen molar-refractivity contribution >= 4 is 21.9 Å². The van der Waals surface area contributed by atoms with Crippen molar-refractivity contribution in [1.82, 2.24) is 15.4 Å². The van der Waals surface area contributed by atoms with E-state index in [1.54, 1.807) is 19.1 Å². The smallest absolute Gasteiger partial charge is 0.361 e. The van der Waals surface area contributed by atoms with Crippen LogP contribution in [0.1, 0.15) is 31.3 Å². The number of ether oxygens (including phenoxy) is 3. The molecule has 1 aromatic heterocycles. The van der Waals surface area contributed by atoms with Gasteiger partial charge in [0.2, 0.25) is 0 Å². The van der Waals surface area contributed by atoms with Crippen LogP contribution in [0.15, 0.2) is 16.6 Å². The lowest BCUT2D eigenvalue weighted by Gasteiger charge is -2.14. The van der Waals surface area contributed by atoms with Crippen LogP contribution in [0.25, 0.3) is 11.3 Å². The van der Waals surface area contributed by atoms with E-state index in [4.69, 9.17) is 14.2 Å². The zero-order valence-corrected chi connectivity index (χ0v) is 14.8. The van der Waals surface area contributed by atoms with Gasteiger partial charge in [-0.25, -0.2) is 4.79 Å². The molecule has 1 heterocycles. The molecular formula is C15H18BrN3O4. The van der Waals surface area contributed by atoms with Gasteiger partial charge in [-0.2, -0.15) is 10.3 Å².